The van der Waals surface area contributed by atoms with Gasteiger partial charge in [0, 0.05) is 32.1 Å². The van der Waals surface area contributed by atoms with Crippen LogP contribution in [0.25, 0.3) is 0 Å². The Balaban J connectivity index is 1.82. The Morgan fingerprint density at radius 2 is 2.04 bits per heavy atom. The number of amides is 2. The van der Waals surface area contributed by atoms with Crippen molar-refractivity contribution in [2.45, 2.75) is 25.8 Å². The predicted octanol–water partition coefficient (Wildman–Crippen LogP) is 2.63. The van der Waals surface area contributed by atoms with Gasteiger partial charge in [-0.05, 0) is 37.6 Å². The zero-order valence-corrected chi connectivity index (χ0v) is 15.1. The zero-order valence-electron chi connectivity index (χ0n) is 15.1. The fourth-order valence-corrected chi connectivity index (χ4v) is 3.14. The molecule has 136 valence electrons. The number of nitrogens with one attached hydrogen (secondary N) is 1. The molecule has 0 spiro atoms. The minimum atomic E-state index is -0.399. The lowest BCUT2D eigenvalue weighted by molar-refractivity contribution is -0.121. The van der Waals surface area contributed by atoms with Crippen molar-refractivity contribution in [2.75, 3.05) is 25.2 Å². The van der Waals surface area contributed by atoms with E-state index >= 15 is 0 Å². The minimum absolute atomic E-state index is 0.102. The topological polar surface area (TPSA) is 71.5 Å². The van der Waals surface area contributed by atoms with E-state index in [0.29, 0.717) is 24.4 Å². The summed E-state index contributed by atoms with van der Waals surface area (Å²) in [5, 5.41) is 2.89. The third-order valence-electron chi connectivity index (χ3n) is 4.45. The molecule has 1 unspecified atom stereocenters. The molecule has 0 saturated carbocycles. The summed E-state index contributed by atoms with van der Waals surface area (Å²) in [5.41, 5.74) is 3.11. The van der Waals surface area contributed by atoms with Crippen molar-refractivity contribution >= 4 is 17.5 Å². The van der Waals surface area contributed by atoms with Crippen molar-refractivity contribution in [3.63, 3.8) is 0 Å². The fourth-order valence-electron chi connectivity index (χ4n) is 3.14. The SMILES string of the molecule is COCCCNC(=O)CC1c2ncccc2C(=O)N1c1ccc(C)cc1. The second-order valence-corrected chi connectivity index (χ2v) is 6.36. The third-order valence-corrected chi connectivity index (χ3v) is 4.45. The van der Waals surface area contributed by atoms with Gasteiger partial charge in [0.25, 0.3) is 5.91 Å². The lowest BCUT2D eigenvalue weighted by Crippen LogP contribution is -2.33. The maximum absolute atomic E-state index is 12.9. The van der Waals surface area contributed by atoms with E-state index < -0.39 is 6.04 Å². The lowest BCUT2D eigenvalue weighted by Gasteiger charge is -2.24. The van der Waals surface area contributed by atoms with E-state index in [1.54, 1.807) is 30.3 Å². The number of hydrogen-bond donors (Lipinski definition) is 1. The normalized spacial score (nSPS) is 15.8. The number of ether oxygens (including phenoxy) is 1. The number of nitrogens with zero attached hydrogens (tertiary/aromatic N) is 2. The molecule has 1 atom stereocenters. The van der Waals surface area contributed by atoms with Crippen LogP contribution in [0.2, 0.25) is 0 Å². The molecule has 2 amide bonds. The first kappa shape index (κ1) is 18.1. The van der Waals surface area contributed by atoms with E-state index in [9.17, 15) is 9.59 Å². The monoisotopic (exact) mass is 353 g/mol. The van der Waals surface area contributed by atoms with Gasteiger partial charge in [-0.2, -0.15) is 0 Å². The number of carbonyl (C=O) groups excluding carboxylic acids is 2. The second kappa shape index (κ2) is 8.10. The van der Waals surface area contributed by atoms with E-state index in [2.05, 4.69) is 10.3 Å². The van der Waals surface area contributed by atoms with Crippen molar-refractivity contribution in [3.8, 4) is 0 Å². The van der Waals surface area contributed by atoms with Crippen molar-refractivity contribution in [1.29, 1.82) is 0 Å². The molecule has 0 saturated heterocycles. The van der Waals surface area contributed by atoms with Crippen molar-refractivity contribution in [2.24, 2.45) is 0 Å². The average Bonchev–Trinajstić information content (AvgIpc) is 2.92. The summed E-state index contributed by atoms with van der Waals surface area (Å²) in [6.07, 6.45) is 2.59. The number of hydrogen-bond acceptors (Lipinski definition) is 4. The number of methoxy groups -OCH3 is 1. The molecule has 6 nitrogen and oxygen atoms in total. The molecule has 0 bridgehead atoms. The van der Waals surface area contributed by atoms with Gasteiger partial charge in [-0.1, -0.05) is 17.7 Å². The molecule has 0 radical (unpaired) electrons. The van der Waals surface area contributed by atoms with E-state index in [4.69, 9.17) is 4.74 Å². The minimum Gasteiger partial charge on any atom is -0.385 e. The first-order valence-corrected chi connectivity index (χ1v) is 8.72. The summed E-state index contributed by atoms with van der Waals surface area (Å²) in [7, 11) is 1.63. The Kier molecular flexibility index (Phi) is 5.63. The first-order chi connectivity index (χ1) is 12.6. The standard InChI is InChI=1S/C20H23N3O3/c1-14-6-8-15(9-7-14)23-17(13-18(24)21-11-4-12-26-2)19-16(20(23)25)5-3-10-22-19/h3,5-10,17H,4,11-13H2,1-2H3,(H,21,24). The fraction of sp³-hybridized carbons (Fsp3) is 0.350. The molecule has 1 aliphatic rings. The smallest absolute Gasteiger partial charge is 0.260 e. The molecule has 1 aliphatic heterocycles. The number of carbonyl (C=O) groups is 2. The summed E-state index contributed by atoms with van der Waals surface area (Å²) in [5.74, 6) is -0.219. The molecule has 1 N–H and O–H groups in total. The summed E-state index contributed by atoms with van der Waals surface area (Å²) in [6.45, 7) is 3.14. The van der Waals surface area contributed by atoms with Crippen LogP contribution in [0.1, 0.15) is 40.5 Å². The molecule has 3 rings (SSSR count). The Labute approximate surface area is 153 Å². The van der Waals surface area contributed by atoms with Crippen LogP contribution in [0.5, 0.6) is 0 Å². The summed E-state index contributed by atoms with van der Waals surface area (Å²) < 4.78 is 4.99. The number of aryl methyl sites for hydroxylation is 1. The molecule has 26 heavy (non-hydrogen) atoms. The first-order valence-electron chi connectivity index (χ1n) is 8.72. The van der Waals surface area contributed by atoms with Crippen LogP contribution in [0.4, 0.5) is 5.69 Å². The highest BCUT2D eigenvalue weighted by atomic mass is 16.5. The van der Waals surface area contributed by atoms with Gasteiger partial charge in [0.15, 0.2) is 0 Å². The van der Waals surface area contributed by atoms with Crippen molar-refractivity contribution < 1.29 is 14.3 Å². The maximum atomic E-state index is 12.9. The molecule has 6 heteroatoms. The Morgan fingerprint density at radius 1 is 1.27 bits per heavy atom. The van der Waals surface area contributed by atoms with Crippen LogP contribution in [0.15, 0.2) is 42.6 Å². The molecule has 2 aromatic rings. The molecular weight excluding hydrogens is 330 g/mol. The van der Waals surface area contributed by atoms with E-state index in [-0.39, 0.29) is 18.2 Å². The van der Waals surface area contributed by atoms with Gasteiger partial charge in [-0.3, -0.25) is 19.5 Å². The van der Waals surface area contributed by atoms with Gasteiger partial charge in [0.2, 0.25) is 5.91 Å². The van der Waals surface area contributed by atoms with Crippen molar-refractivity contribution in [1.82, 2.24) is 10.3 Å². The molecule has 1 aromatic carbocycles. The highest BCUT2D eigenvalue weighted by Crippen LogP contribution is 2.38. The Bertz CT molecular complexity index is 789. The van der Waals surface area contributed by atoms with Crippen LogP contribution in [0, 0.1) is 6.92 Å². The van der Waals surface area contributed by atoms with Crippen LogP contribution in [0.3, 0.4) is 0 Å². The quantitative estimate of drug-likeness (QED) is 0.777. The second-order valence-electron chi connectivity index (χ2n) is 6.36. The maximum Gasteiger partial charge on any atom is 0.260 e. The lowest BCUT2D eigenvalue weighted by atomic mass is 10.1. The van der Waals surface area contributed by atoms with Gasteiger partial charge in [0.1, 0.15) is 0 Å². The number of fused-ring (bicyclic) bond motifs is 1. The van der Waals surface area contributed by atoms with E-state index in [1.165, 1.54) is 0 Å². The van der Waals surface area contributed by atoms with Crippen LogP contribution in [-0.2, 0) is 9.53 Å². The van der Waals surface area contributed by atoms with Gasteiger partial charge in [-0.25, -0.2) is 0 Å². The van der Waals surface area contributed by atoms with Gasteiger partial charge in [0.05, 0.1) is 23.7 Å². The molecular formula is C20H23N3O3. The predicted molar refractivity (Wildman–Crippen MR) is 99.1 cm³/mol. The molecule has 2 heterocycles. The number of pyridine rings is 1. The van der Waals surface area contributed by atoms with Gasteiger partial charge < -0.3 is 10.1 Å². The third kappa shape index (κ3) is 3.75. The van der Waals surface area contributed by atoms with Gasteiger partial charge >= 0.3 is 0 Å². The molecule has 1 aromatic heterocycles. The van der Waals surface area contributed by atoms with Crippen LogP contribution in [-0.4, -0.2) is 37.1 Å². The molecule has 0 fully saturated rings. The zero-order chi connectivity index (χ0) is 18.5. The summed E-state index contributed by atoms with van der Waals surface area (Å²) in [6, 6.07) is 10.8. The number of aromatic nitrogens is 1. The van der Waals surface area contributed by atoms with Crippen molar-refractivity contribution in [3.05, 3.63) is 59.4 Å². The Morgan fingerprint density at radius 3 is 2.77 bits per heavy atom. The van der Waals surface area contributed by atoms with Crippen LogP contribution >= 0.6 is 0 Å². The number of benzene rings is 1. The van der Waals surface area contributed by atoms with E-state index in [1.807, 2.05) is 31.2 Å². The van der Waals surface area contributed by atoms with Gasteiger partial charge in [-0.15, -0.1) is 0 Å². The number of anilines is 1. The van der Waals surface area contributed by atoms with Crippen LogP contribution < -0.4 is 10.2 Å². The summed E-state index contributed by atoms with van der Waals surface area (Å²) in [4.78, 5) is 31.4. The highest BCUT2D eigenvalue weighted by Gasteiger charge is 2.39. The summed E-state index contributed by atoms with van der Waals surface area (Å²) >= 11 is 0. The molecule has 0 aliphatic carbocycles. The Hall–Kier alpha value is -2.73. The van der Waals surface area contributed by atoms with E-state index in [0.717, 1.165) is 17.7 Å². The number of rotatable bonds is 7. The largest absolute Gasteiger partial charge is 0.385 e. The average molecular weight is 353 g/mol. The highest BCUT2D eigenvalue weighted by molar-refractivity contribution is 6.11.